The van der Waals surface area contributed by atoms with Crippen molar-refractivity contribution in [1.29, 1.82) is 0 Å². The molecule has 1 saturated heterocycles. The first kappa shape index (κ1) is 14.9. The van der Waals surface area contributed by atoms with Crippen molar-refractivity contribution in [3.63, 3.8) is 0 Å². The second kappa shape index (κ2) is 7.31. The number of ether oxygens (including phenoxy) is 1. The van der Waals surface area contributed by atoms with Gasteiger partial charge in [-0.15, -0.1) is 0 Å². The van der Waals surface area contributed by atoms with Crippen LogP contribution in [0.4, 0.5) is 0 Å². The molecule has 4 nitrogen and oxygen atoms in total. The zero-order valence-corrected chi connectivity index (χ0v) is 12.0. The van der Waals surface area contributed by atoms with Crippen LogP contribution in [0.2, 0.25) is 0 Å². The molecule has 0 bridgehead atoms. The quantitative estimate of drug-likeness (QED) is 0.664. The molecule has 0 radical (unpaired) electrons. The zero-order valence-electron chi connectivity index (χ0n) is 12.0. The zero-order chi connectivity index (χ0) is 12.7. The van der Waals surface area contributed by atoms with Crippen LogP contribution in [0.5, 0.6) is 0 Å². The molecule has 0 spiro atoms. The molecule has 102 valence electrons. The number of hydrogen-bond donors (Lipinski definition) is 1. The number of rotatable bonds is 7. The average molecular weight is 243 g/mol. The Morgan fingerprint density at radius 2 is 1.76 bits per heavy atom. The van der Waals surface area contributed by atoms with Gasteiger partial charge in [0.25, 0.3) is 0 Å². The molecule has 1 rings (SSSR count). The maximum absolute atomic E-state index is 5.39. The lowest BCUT2D eigenvalue weighted by Crippen LogP contribution is -2.46. The normalized spacial score (nSPS) is 19.8. The van der Waals surface area contributed by atoms with E-state index < -0.39 is 0 Å². The van der Waals surface area contributed by atoms with Crippen LogP contribution >= 0.6 is 0 Å². The summed E-state index contributed by atoms with van der Waals surface area (Å²) in [4.78, 5) is 4.93. The molecular weight excluding hydrogens is 214 g/mol. The second-order valence-electron chi connectivity index (χ2n) is 5.61. The van der Waals surface area contributed by atoms with Crippen LogP contribution < -0.4 is 5.32 Å². The van der Waals surface area contributed by atoms with Crippen LogP contribution in [-0.2, 0) is 4.74 Å². The Kier molecular flexibility index (Phi) is 6.41. The van der Waals surface area contributed by atoms with Crippen LogP contribution in [0.15, 0.2) is 0 Å². The van der Waals surface area contributed by atoms with Gasteiger partial charge in [0.2, 0.25) is 0 Å². The van der Waals surface area contributed by atoms with E-state index in [1.807, 2.05) is 0 Å². The Labute approximate surface area is 106 Å². The number of nitrogens with one attached hydrogen (secondary N) is 1. The highest BCUT2D eigenvalue weighted by atomic mass is 16.5. The van der Waals surface area contributed by atoms with Crippen LogP contribution in [0.3, 0.4) is 0 Å². The molecule has 1 N–H and O–H groups in total. The summed E-state index contributed by atoms with van der Waals surface area (Å²) in [7, 11) is 3.98. The lowest BCUT2D eigenvalue weighted by molar-refractivity contribution is 0.0157. The monoisotopic (exact) mass is 243 g/mol. The highest BCUT2D eigenvalue weighted by molar-refractivity contribution is 4.71. The standard InChI is InChI=1S/C13H29N3O/c1-13(2,17-4)5-6-14-7-8-16-11-9-15(3)10-12-16/h14H,5-12H2,1-4H3. The third-order valence-electron chi connectivity index (χ3n) is 3.66. The number of methoxy groups -OCH3 is 1. The van der Waals surface area contributed by atoms with E-state index in [4.69, 9.17) is 4.74 Å². The van der Waals surface area contributed by atoms with Gasteiger partial charge in [0.15, 0.2) is 0 Å². The first-order valence-electron chi connectivity index (χ1n) is 6.70. The van der Waals surface area contributed by atoms with Crippen molar-refractivity contribution < 1.29 is 4.74 Å². The van der Waals surface area contributed by atoms with E-state index >= 15 is 0 Å². The van der Waals surface area contributed by atoms with E-state index in [0.717, 1.165) is 19.5 Å². The molecule has 0 amide bonds. The van der Waals surface area contributed by atoms with Gasteiger partial charge < -0.3 is 15.0 Å². The molecule has 0 aromatic heterocycles. The fourth-order valence-corrected chi connectivity index (χ4v) is 1.93. The van der Waals surface area contributed by atoms with Gasteiger partial charge in [-0.25, -0.2) is 0 Å². The van der Waals surface area contributed by atoms with E-state index in [1.165, 1.54) is 32.7 Å². The summed E-state index contributed by atoms with van der Waals surface area (Å²) in [6.45, 7) is 12.4. The Morgan fingerprint density at radius 3 is 2.35 bits per heavy atom. The molecule has 1 fully saturated rings. The third kappa shape index (κ3) is 6.36. The molecule has 1 heterocycles. The van der Waals surface area contributed by atoms with Crippen LogP contribution in [-0.4, -0.2) is 75.4 Å². The second-order valence-corrected chi connectivity index (χ2v) is 5.61. The summed E-state index contributed by atoms with van der Waals surface area (Å²) in [6.07, 6.45) is 1.06. The van der Waals surface area contributed by atoms with Gasteiger partial charge in [0.1, 0.15) is 0 Å². The number of piperazine rings is 1. The van der Waals surface area contributed by atoms with Gasteiger partial charge in [0, 0.05) is 46.4 Å². The smallest absolute Gasteiger partial charge is 0.0634 e. The molecule has 0 atom stereocenters. The summed E-state index contributed by atoms with van der Waals surface area (Å²) in [5.74, 6) is 0. The van der Waals surface area contributed by atoms with Crippen molar-refractivity contribution in [3.8, 4) is 0 Å². The van der Waals surface area contributed by atoms with Crippen molar-refractivity contribution in [2.45, 2.75) is 25.9 Å². The van der Waals surface area contributed by atoms with Gasteiger partial charge in [-0.2, -0.15) is 0 Å². The highest BCUT2D eigenvalue weighted by Gasteiger charge is 2.15. The first-order valence-corrected chi connectivity index (χ1v) is 6.70. The Balaban J connectivity index is 1.97. The van der Waals surface area contributed by atoms with Crippen molar-refractivity contribution in [2.24, 2.45) is 0 Å². The predicted octanol–water partition coefficient (Wildman–Crippen LogP) is 0.639. The fraction of sp³-hybridized carbons (Fsp3) is 1.00. The van der Waals surface area contributed by atoms with Crippen molar-refractivity contribution in [1.82, 2.24) is 15.1 Å². The van der Waals surface area contributed by atoms with E-state index in [0.29, 0.717) is 0 Å². The Hall–Kier alpha value is -0.160. The maximum atomic E-state index is 5.39. The molecule has 4 heteroatoms. The Bertz CT molecular complexity index is 201. The van der Waals surface area contributed by atoms with E-state index in [1.54, 1.807) is 7.11 Å². The van der Waals surface area contributed by atoms with Gasteiger partial charge in [-0.3, -0.25) is 4.90 Å². The van der Waals surface area contributed by atoms with Crippen molar-refractivity contribution >= 4 is 0 Å². The molecule has 17 heavy (non-hydrogen) atoms. The van der Waals surface area contributed by atoms with E-state index in [-0.39, 0.29) is 5.60 Å². The Morgan fingerprint density at radius 1 is 1.12 bits per heavy atom. The predicted molar refractivity (Wildman–Crippen MR) is 72.5 cm³/mol. The number of likely N-dealkylation sites (N-methyl/N-ethyl adjacent to an activating group) is 1. The lowest BCUT2D eigenvalue weighted by Gasteiger charge is -2.32. The third-order valence-corrected chi connectivity index (χ3v) is 3.66. The summed E-state index contributed by atoms with van der Waals surface area (Å²) >= 11 is 0. The van der Waals surface area contributed by atoms with Gasteiger partial charge in [-0.05, 0) is 33.9 Å². The molecule has 0 saturated carbocycles. The number of hydrogen-bond acceptors (Lipinski definition) is 4. The van der Waals surface area contributed by atoms with Crippen LogP contribution in [0.25, 0.3) is 0 Å². The average Bonchev–Trinajstić information content (AvgIpc) is 2.31. The lowest BCUT2D eigenvalue weighted by atomic mass is 10.1. The minimum Gasteiger partial charge on any atom is -0.379 e. The van der Waals surface area contributed by atoms with Crippen molar-refractivity contribution in [2.75, 3.05) is 60.0 Å². The molecule has 1 aliphatic rings. The summed E-state index contributed by atoms with van der Waals surface area (Å²) < 4.78 is 5.39. The molecule has 0 unspecified atom stereocenters. The fourth-order valence-electron chi connectivity index (χ4n) is 1.93. The summed E-state index contributed by atoms with van der Waals surface area (Å²) in [5.41, 5.74) is 0.000830. The molecule has 0 aromatic carbocycles. The number of nitrogens with zero attached hydrogens (tertiary/aromatic N) is 2. The summed E-state index contributed by atoms with van der Waals surface area (Å²) in [5, 5.41) is 3.50. The van der Waals surface area contributed by atoms with E-state index in [2.05, 4.69) is 36.0 Å². The first-order chi connectivity index (χ1) is 8.03. The highest BCUT2D eigenvalue weighted by Crippen LogP contribution is 2.11. The van der Waals surface area contributed by atoms with Gasteiger partial charge >= 0.3 is 0 Å². The van der Waals surface area contributed by atoms with Crippen LogP contribution in [0.1, 0.15) is 20.3 Å². The minimum atomic E-state index is 0.000830. The summed E-state index contributed by atoms with van der Waals surface area (Å²) in [6, 6.07) is 0. The van der Waals surface area contributed by atoms with Crippen LogP contribution in [0, 0.1) is 0 Å². The van der Waals surface area contributed by atoms with Gasteiger partial charge in [0.05, 0.1) is 5.60 Å². The molecular formula is C13H29N3O. The minimum absolute atomic E-state index is 0.000830. The topological polar surface area (TPSA) is 27.7 Å². The van der Waals surface area contributed by atoms with Gasteiger partial charge in [-0.1, -0.05) is 0 Å². The SMILES string of the molecule is COC(C)(C)CCNCCN1CCN(C)CC1. The largest absolute Gasteiger partial charge is 0.379 e. The van der Waals surface area contributed by atoms with E-state index in [9.17, 15) is 0 Å². The van der Waals surface area contributed by atoms with Crippen molar-refractivity contribution in [3.05, 3.63) is 0 Å². The maximum Gasteiger partial charge on any atom is 0.0634 e. The molecule has 1 aliphatic heterocycles. The molecule has 0 aromatic rings. The molecule has 0 aliphatic carbocycles.